The monoisotopic (exact) mass is 401 g/mol. The van der Waals surface area contributed by atoms with Crippen molar-refractivity contribution in [3.05, 3.63) is 44.0 Å². The molecule has 4 rings (SSSR count). The highest BCUT2D eigenvalue weighted by Gasteiger charge is 2.27. The first kappa shape index (κ1) is 18.4. The van der Waals surface area contributed by atoms with Crippen molar-refractivity contribution < 1.29 is 14.3 Å². The number of hydrogen-bond donors (Lipinski definition) is 1. The van der Waals surface area contributed by atoms with Crippen LogP contribution in [-0.4, -0.2) is 20.1 Å². The lowest BCUT2D eigenvalue weighted by molar-refractivity contribution is -0.112. The first-order valence-corrected chi connectivity index (χ1v) is 10.9. The van der Waals surface area contributed by atoms with Crippen molar-refractivity contribution in [3.8, 4) is 11.5 Å². The number of methoxy groups -OCH3 is 2. The predicted octanol–water partition coefficient (Wildman–Crippen LogP) is 5.12. The summed E-state index contributed by atoms with van der Waals surface area (Å²) in [6.07, 6.45) is 5.69. The summed E-state index contributed by atoms with van der Waals surface area (Å²) in [7, 11) is 3.19. The van der Waals surface area contributed by atoms with Crippen LogP contribution in [0.25, 0.3) is 6.08 Å². The third-order valence-corrected chi connectivity index (χ3v) is 7.46. The molecule has 27 heavy (non-hydrogen) atoms. The van der Waals surface area contributed by atoms with Gasteiger partial charge in [0.2, 0.25) is 0 Å². The van der Waals surface area contributed by atoms with Gasteiger partial charge in [0.1, 0.15) is 11.5 Å². The topological polar surface area (TPSA) is 47.6 Å². The van der Waals surface area contributed by atoms with Gasteiger partial charge in [0.25, 0.3) is 5.91 Å². The van der Waals surface area contributed by atoms with Gasteiger partial charge in [-0.2, -0.15) is 0 Å². The molecule has 6 heteroatoms. The molecule has 142 valence electrons. The van der Waals surface area contributed by atoms with Crippen molar-refractivity contribution in [2.45, 2.75) is 31.9 Å². The average molecular weight is 402 g/mol. The van der Waals surface area contributed by atoms with E-state index in [-0.39, 0.29) is 5.91 Å². The second-order valence-electron chi connectivity index (χ2n) is 7.01. The molecule has 4 nitrogen and oxygen atoms in total. The molecule has 2 heterocycles. The van der Waals surface area contributed by atoms with Gasteiger partial charge >= 0.3 is 0 Å². The van der Waals surface area contributed by atoms with Crippen LogP contribution >= 0.6 is 23.1 Å². The highest BCUT2D eigenvalue weighted by Crippen LogP contribution is 2.43. The van der Waals surface area contributed by atoms with Crippen molar-refractivity contribution in [1.29, 1.82) is 0 Å². The Morgan fingerprint density at radius 2 is 2.07 bits per heavy atom. The van der Waals surface area contributed by atoms with Crippen molar-refractivity contribution in [1.82, 2.24) is 0 Å². The fourth-order valence-corrected chi connectivity index (χ4v) is 6.30. The van der Waals surface area contributed by atoms with Gasteiger partial charge < -0.3 is 14.8 Å². The van der Waals surface area contributed by atoms with Crippen LogP contribution in [0.3, 0.4) is 0 Å². The van der Waals surface area contributed by atoms with Crippen molar-refractivity contribution in [2.75, 3.05) is 19.5 Å². The number of rotatable bonds is 4. The molecule has 1 atom stereocenters. The lowest BCUT2D eigenvalue weighted by Crippen LogP contribution is -2.15. The number of fused-ring (bicyclic) bond motifs is 3. The zero-order valence-corrected chi connectivity index (χ0v) is 17.4. The van der Waals surface area contributed by atoms with E-state index >= 15 is 0 Å². The minimum Gasteiger partial charge on any atom is -0.497 e. The molecule has 0 saturated carbocycles. The van der Waals surface area contributed by atoms with Crippen LogP contribution in [0.15, 0.2) is 23.1 Å². The molecule has 0 unspecified atom stereocenters. The maximum atomic E-state index is 12.8. The number of benzene rings is 1. The van der Waals surface area contributed by atoms with Crippen LogP contribution in [0.2, 0.25) is 0 Å². The Bertz CT molecular complexity index is 916. The zero-order chi connectivity index (χ0) is 19.0. The number of thiophene rings is 1. The van der Waals surface area contributed by atoms with Gasteiger partial charge in [0, 0.05) is 21.6 Å². The summed E-state index contributed by atoms with van der Waals surface area (Å²) in [5.74, 6) is 2.84. The molecule has 1 aromatic heterocycles. The summed E-state index contributed by atoms with van der Waals surface area (Å²) in [4.78, 5) is 16.4. The summed E-state index contributed by atoms with van der Waals surface area (Å²) in [5, 5.41) is 2.98. The van der Waals surface area contributed by atoms with Crippen molar-refractivity contribution in [2.24, 2.45) is 5.92 Å². The standard InChI is InChI=1S/C21H23NO3S2/c1-12-4-6-14-15-11-26-20(10-19(15)27-18(14)8-12)21(23)22-16-7-5-13(24-2)9-17(16)25-3/h5,7,9-10,12H,4,6,8,11H2,1-3H3,(H,22,23)/t12-/m0/s1. The summed E-state index contributed by atoms with van der Waals surface area (Å²) in [6.45, 7) is 2.33. The first-order valence-electron chi connectivity index (χ1n) is 9.10. The van der Waals surface area contributed by atoms with Crippen molar-refractivity contribution >= 4 is 40.8 Å². The summed E-state index contributed by atoms with van der Waals surface area (Å²) < 4.78 is 10.6. The molecular weight excluding hydrogens is 378 g/mol. The van der Waals surface area contributed by atoms with Gasteiger partial charge in [-0.3, -0.25) is 4.79 Å². The number of ether oxygens (including phenoxy) is 2. The minimum absolute atomic E-state index is 0.0890. The molecular formula is C21H23NO3S2. The normalized spacial score (nSPS) is 18.2. The smallest absolute Gasteiger partial charge is 0.262 e. The number of anilines is 1. The zero-order valence-electron chi connectivity index (χ0n) is 15.8. The van der Waals surface area contributed by atoms with Crippen LogP contribution in [0.1, 0.15) is 34.2 Å². The Hall–Kier alpha value is -1.92. The molecule has 0 fully saturated rings. The highest BCUT2D eigenvalue weighted by molar-refractivity contribution is 8.03. The predicted molar refractivity (Wildman–Crippen MR) is 113 cm³/mol. The van der Waals surface area contributed by atoms with Crippen LogP contribution in [0.5, 0.6) is 11.5 Å². The van der Waals surface area contributed by atoms with Gasteiger partial charge in [-0.25, -0.2) is 0 Å². The maximum absolute atomic E-state index is 12.8. The largest absolute Gasteiger partial charge is 0.497 e. The number of amides is 1. The minimum atomic E-state index is -0.0890. The quantitative estimate of drug-likeness (QED) is 0.773. The number of thioether (sulfide) groups is 1. The van der Waals surface area contributed by atoms with E-state index in [9.17, 15) is 4.79 Å². The van der Waals surface area contributed by atoms with E-state index in [4.69, 9.17) is 9.47 Å². The molecule has 2 aromatic rings. The van der Waals surface area contributed by atoms with Crippen LogP contribution in [0.4, 0.5) is 5.69 Å². The molecule has 0 radical (unpaired) electrons. The SMILES string of the molecule is COc1ccc(NC(=O)C2=Cc3sc4c(c3CS2)CC[C@H](C)C4)c(OC)c1. The second kappa shape index (κ2) is 7.60. The van der Waals surface area contributed by atoms with Gasteiger partial charge in [0.15, 0.2) is 0 Å². The molecule has 0 spiro atoms. The van der Waals surface area contributed by atoms with E-state index in [1.807, 2.05) is 17.4 Å². The number of carbonyl (C=O) groups excluding carboxylic acids is 1. The molecule has 1 aliphatic heterocycles. The lowest BCUT2D eigenvalue weighted by Gasteiger charge is -2.20. The average Bonchev–Trinajstić information content (AvgIpc) is 3.04. The Balaban J connectivity index is 1.56. The van der Waals surface area contributed by atoms with E-state index in [0.717, 1.165) is 16.6 Å². The van der Waals surface area contributed by atoms with Crippen LogP contribution in [0, 0.1) is 5.92 Å². The number of hydrogen-bond acceptors (Lipinski definition) is 5. The van der Waals surface area contributed by atoms with Crippen LogP contribution in [-0.2, 0) is 23.4 Å². The molecule has 1 amide bonds. The third kappa shape index (κ3) is 3.60. The first-order chi connectivity index (χ1) is 13.1. The molecule has 0 saturated heterocycles. The summed E-state index contributed by atoms with van der Waals surface area (Å²) >= 11 is 3.49. The van der Waals surface area contributed by atoms with E-state index in [0.29, 0.717) is 17.2 Å². The molecule has 1 N–H and O–H groups in total. The third-order valence-electron chi connectivity index (χ3n) is 5.17. The van der Waals surface area contributed by atoms with Crippen molar-refractivity contribution in [3.63, 3.8) is 0 Å². The number of nitrogens with one attached hydrogen (secondary N) is 1. The molecule has 1 aromatic carbocycles. The van der Waals surface area contributed by atoms with E-state index in [1.165, 1.54) is 34.6 Å². The molecule has 1 aliphatic carbocycles. The van der Waals surface area contributed by atoms with Gasteiger partial charge in [-0.1, -0.05) is 6.92 Å². The van der Waals surface area contributed by atoms with E-state index in [2.05, 4.69) is 18.3 Å². The lowest BCUT2D eigenvalue weighted by atomic mass is 9.88. The summed E-state index contributed by atoms with van der Waals surface area (Å²) in [5.41, 5.74) is 3.65. The fourth-order valence-electron chi connectivity index (χ4n) is 3.64. The Kier molecular flexibility index (Phi) is 5.19. The Labute approximate surface area is 168 Å². The number of carbonyl (C=O) groups is 1. The molecule has 2 aliphatic rings. The Morgan fingerprint density at radius 3 is 2.85 bits per heavy atom. The van der Waals surface area contributed by atoms with E-state index in [1.54, 1.807) is 43.7 Å². The van der Waals surface area contributed by atoms with E-state index < -0.39 is 0 Å². The highest BCUT2D eigenvalue weighted by atomic mass is 32.2. The van der Waals surface area contributed by atoms with Gasteiger partial charge in [-0.05, 0) is 54.5 Å². The van der Waals surface area contributed by atoms with Gasteiger partial charge in [-0.15, -0.1) is 23.1 Å². The van der Waals surface area contributed by atoms with Gasteiger partial charge in [0.05, 0.1) is 24.8 Å². The fraction of sp³-hybridized carbons (Fsp3) is 0.381. The molecule has 0 bridgehead atoms. The van der Waals surface area contributed by atoms with Crippen LogP contribution < -0.4 is 14.8 Å². The maximum Gasteiger partial charge on any atom is 0.262 e. The second-order valence-corrected chi connectivity index (χ2v) is 9.17. The summed E-state index contributed by atoms with van der Waals surface area (Å²) in [6, 6.07) is 5.39. The Morgan fingerprint density at radius 1 is 1.22 bits per heavy atom.